The third-order valence-electron chi connectivity index (χ3n) is 8.71. The Labute approximate surface area is 225 Å². The summed E-state index contributed by atoms with van der Waals surface area (Å²) in [7, 11) is 0. The maximum absolute atomic E-state index is 12.5. The Morgan fingerprint density at radius 2 is 2.08 bits per heavy atom. The number of piperidine rings is 1. The number of aromatic nitrogens is 1. The monoisotopic (exact) mass is 511 g/mol. The average molecular weight is 512 g/mol. The number of nitrogens with zero attached hydrogens (tertiary/aromatic N) is 2. The number of nitrogens with one attached hydrogen (secondary N) is 1. The number of rotatable bonds is 7. The second-order valence-corrected chi connectivity index (χ2v) is 11.1. The smallest absolute Gasteiger partial charge is 0.312 e. The van der Waals surface area contributed by atoms with Crippen molar-refractivity contribution >= 4 is 11.8 Å². The van der Waals surface area contributed by atoms with Crippen LogP contribution in [-0.4, -0.2) is 37.2 Å². The van der Waals surface area contributed by atoms with Crippen LogP contribution in [0.3, 0.4) is 0 Å². The van der Waals surface area contributed by atoms with Crippen molar-refractivity contribution in [3.8, 4) is 17.0 Å². The Kier molecular flexibility index (Phi) is 6.60. The summed E-state index contributed by atoms with van der Waals surface area (Å²) < 4.78 is 11.8. The quantitative estimate of drug-likeness (QED) is 0.431. The third kappa shape index (κ3) is 4.55. The summed E-state index contributed by atoms with van der Waals surface area (Å²) in [5, 5.41) is 3.46. The van der Waals surface area contributed by atoms with Gasteiger partial charge in [-0.3, -0.25) is 4.79 Å². The Morgan fingerprint density at radius 1 is 1.18 bits per heavy atom. The molecule has 0 spiro atoms. The molecule has 1 saturated heterocycles. The van der Waals surface area contributed by atoms with Crippen molar-refractivity contribution in [2.24, 2.45) is 11.3 Å². The molecule has 2 fully saturated rings. The molecule has 1 N–H and O–H groups in total. The van der Waals surface area contributed by atoms with Crippen molar-refractivity contribution in [1.82, 2.24) is 10.3 Å². The summed E-state index contributed by atoms with van der Waals surface area (Å²) in [6.07, 6.45) is 2.83. The molecule has 3 aliphatic rings. The highest BCUT2D eigenvalue weighted by molar-refractivity contribution is 5.81. The van der Waals surface area contributed by atoms with Crippen LogP contribution < -0.4 is 15.0 Å². The minimum absolute atomic E-state index is 0.0151. The summed E-state index contributed by atoms with van der Waals surface area (Å²) >= 11 is 0. The molecule has 0 amide bonds. The molecule has 6 rings (SSSR count). The molecular formula is C32H37N3O3. The molecule has 3 heterocycles. The first-order chi connectivity index (χ1) is 18.5. The van der Waals surface area contributed by atoms with Gasteiger partial charge in [-0.1, -0.05) is 29.8 Å². The van der Waals surface area contributed by atoms with E-state index in [2.05, 4.69) is 72.6 Å². The molecule has 1 saturated carbocycles. The molecular weight excluding hydrogens is 474 g/mol. The summed E-state index contributed by atoms with van der Waals surface area (Å²) in [5.41, 5.74) is 8.29. The first-order valence-corrected chi connectivity index (χ1v) is 13.9. The van der Waals surface area contributed by atoms with E-state index in [1.165, 1.54) is 27.8 Å². The number of carbonyl (C=O) groups excluding carboxylic acids is 1. The van der Waals surface area contributed by atoms with Crippen molar-refractivity contribution in [2.45, 2.75) is 53.2 Å². The maximum Gasteiger partial charge on any atom is 0.312 e. The number of aryl methyl sites for hydroxylation is 1. The predicted octanol–water partition coefficient (Wildman–Crippen LogP) is 5.37. The van der Waals surface area contributed by atoms with E-state index in [1.807, 2.05) is 6.92 Å². The second-order valence-electron chi connectivity index (χ2n) is 11.1. The Balaban J connectivity index is 1.21. The molecule has 2 aliphatic heterocycles. The summed E-state index contributed by atoms with van der Waals surface area (Å²) in [6, 6.07) is 17.0. The second kappa shape index (κ2) is 10.1. The van der Waals surface area contributed by atoms with E-state index < -0.39 is 0 Å². The van der Waals surface area contributed by atoms with Gasteiger partial charge in [-0.25, -0.2) is 4.98 Å². The van der Waals surface area contributed by atoms with E-state index in [9.17, 15) is 4.79 Å². The van der Waals surface area contributed by atoms with Gasteiger partial charge in [-0.05, 0) is 99.0 Å². The van der Waals surface area contributed by atoms with Crippen LogP contribution in [0.4, 0.5) is 5.82 Å². The topological polar surface area (TPSA) is 63.7 Å². The highest BCUT2D eigenvalue weighted by Gasteiger charge is 2.63. The summed E-state index contributed by atoms with van der Waals surface area (Å²) in [4.78, 5) is 19.9. The van der Waals surface area contributed by atoms with Gasteiger partial charge in [0.2, 0.25) is 0 Å². The maximum atomic E-state index is 12.5. The van der Waals surface area contributed by atoms with Crippen LogP contribution in [0.5, 0.6) is 5.75 Å². The Bertz CT molecular complexity index is 1370. The Hall–Kier alpha value is -3.38. The highest BCUT2D eigenvalue weighted by Crippen LogP contribution is 2.59. The minimum Gasteiger partial charge on any atom is -0.488 e. The lowest BCUT2D eigenvalue weighted by Gasteiger charge is -2.31. The lowest BCUT2D eigenvalue weighted by molar-refractivity contribution is -0.150. The molecule has 1 aromatic heterocycles. The van der Waals surface area contributed by atoms with Crippen molar-refractivity contribution in [3.63, 3.8) is 0 Å². The molecule has 2 aromatic carbocycles. The van der Waals surface area contributed by atoms with Crippen LogP contribution in [0, 0.1) is 25.2 Å². The third-order valence-corrected chi connectivity index (χ3v) is 8.71. The fourth-order valence-corrected chi connectivity index (χ4v) is 6.30. The van der Waals surface area contributed by atoms with Gasteiger partial charge < -0.3 is 19.7 Å². The van der Waals surface area contributed by atoms with Crippen molar-refractivity contribution < 1.29 is 14.3 Å². The summed E-state index contributed by atoms with van der Waals surface area (Å²) in [6.45, 7) is 10.8. The SMILES string of the molecule is CCOC(=O)[C@@]12CCN(c3cccc(-c4cc(C)ccc4OCc4ccc5c(c4C)CCNC5)n3)C[C@@H]1C2. The van der Waals surface area contributed by atoms with Crippen LogP contribution >= 0.6 is 0 Å². The molecule has 2 atom stereocenters. The van der Waals surface area contributed by atoms with Gasteiger partial charge in [0.15, 0.2) is 0 Å². The average Bonchev–Trinajstić information content (AvgIpc) is 3.69. The first-order valence-electron chi connectivity index (χ1n) is 13.9. The fraction of sp³-hybridized carbons (Fsp3) is 0.438. The first kappa shape index (κ1) is 24.9. The van der Waals surface area contributed by atoms with E-state index in [-0.39, 0.29) is 11.4 Å². The number of hydrogen-bond donors (Lipinski definition) is 1. The lowest BCUT2D eigenvalue weighted by Crippen LogP contribution is -2.38. The van der Waals surface area contributed by atoms with E-state index in [0.717, 1.165) is 68.3 Å². The number of pyridine rings is 1. The largest absolute Gasteiger partial charge is 0.488 e. The number of ether oxygens (including phenoxy) is 2. The number of fused-ring (bicyclic) bond motifs is 2. The highest BCUT2D eigenvalue weighted by atomic mass is 16.5. The molecule has 6 nitrogen and oxygen atoms in total. The molecule has 0 unspecified atom stereocenters. The Morgan fingerprint density at radius 3 is 2.92 bits per heavy atom. The van der Waals surface area contributed by atoms with Crippen molar-refractivity contribution in [1.29, 1.82) is 0 Å². The van der Waals surface area contributed by atoms with Gasteiger partial charge >= 0.3 is 5.97 Å². The van der Waals surface area contributed by atoms with E-state index in [0.29, 0.717) is 19.1 Å². The van der Waals surface area contributed by atoms with Crippen LogP contribution in [0.15, 0.2) is 48.5 Å². The van der Waals surface area contributed by atoms with E-state index >= 15 is 0 Å². The molecule has 198 valence electrons. The predicted molar refractivity (Wildman–Crippen MR) is 149 cm³/mol. The fourth-order valence-electron chi connectivity index (χ4n) is 6.30. The molecule has 0 radical (unpaired) electrons. The number of hydrogen-bond acceptors (Lipinski definition) is 6. The normalized spacial score (nSPS) is 21.9. The van der Waals surface area contributed by atoms with Crippen molar-refractivity contribution in [2.75, 3.05) is 31.1 Å². The number of esters is 1. The zero-order valence-electron chi connectivity index (χ0n) is 22.7. The number of carbonyl (C=O) groups is 1. The minimum atomic E-state index is -0.257. The standard InChI is InChI=1S/C32H37N3O3/c1-4-37-31(36)32-13-15-35(19-25(32)17-32)30-7-5-6-28(34-30)27-16-21(2)8-11-29(27)38-20-24-10-9-23-18-33-14-12-26(23)22(24)3/h5-11,16,25,33H,4,12-15,17-20H2,1-3H3/t25-,32+/m0/s1. The number of anilines is 1. The van der Waals surface area contributed by atoms with E-state index in [1.54, 1.807) is 0 Å². The molecule has 1 aliphatic carbocycles. The van der Waals surface area contributed by atoms with Crippen LogP contribution in [0.2, 0.25) is 0 Å². The zero-order valence-corrected chi connectivity index (χ0v) is 22.7. The van der Waals surface area contributed by atoms with Crippen LogP contribution in [0.1, 0.15) is 47.6 Å². The van der Waals surface area contributed by atoms with Crippen molar-refractivity contribution in [3.05, 3.63) is 76.3 Å². The number of benzene rings is 2. The van der Waals surface area contributed by atoms with Gasteiger partial charge in [-0.2, -0.15) is 0 Å². The zero-order chi connectivity index (χ0) is 26.3. The molecule has 0 bridgehead atoms. The molecule has 6 heteroatoms. The van der Waals surface area contributed by atoms with Gasteiger partial charge in [-0.15, -0.1) is 0 Å². The van der Waals surface area contributed by atoms with Gasteiger partial charge in [0.25, 0.3) is 0 Å². The summed E-state index contributed by atoms with van der Waals surface area (Å²) in [5.74, 6) is 2.15. The van der Waals surface area contributed by atoms with E-state index in [4.69, 9.17) is 14.5 Å². The van der Waals surface area contributed by atoms with Gasteiger partial charge in [0.1, 0.15) is 18.2 Å². The van der Waals surface area contributed by atoms with Crippen LogP contribution in [0.25, 0.3) is 11.3 Å². The molecule has 3 aromatic rings. The van der Waals surface area contributed by atoms with Gasteiger partial charge in [0.05, 0.1) is 17.7 Å². The van der Waals surface area contributed by atoms with Crippen LogP contribution in [-0.2, 0) is 29.1 Å². The van der Waals surface area contributed by atoms with Gasteiger partial charge in [0, 0.05) is 25.2 Å². The lowest BCUT2D eigenvalue weighted by atomic mass is 9.93. The molecule has 38 heavy (non-hydrogen) atoms.